The van der Waals surface area contributed by atoms with Crippen molar-refractivity contribution in [2.75, 3.05) is 17.9 Å². The van der Waals surface area contributed by atoms with Crippen molar-refractivity contribution in [1.29, 1.82) is 0 Å². The SMILES string of the molecule is CCNC(=O)OCCc1cnc(NS(=O)(=O)c2cccc(Cl)c2C)s1. The highest BCUT2D eigenvalue weighted by Gasteiger charge is 2.19. The summed E-state index contributed by atoms with van der Waals surface area (Å²) in [5.41, 5.74) is 0.476. The number of nitrogens with one attached hydrogen (secondary N) is 2. The molecule has 1 amide bonds. The summed E-state index contributed by atoms with van der Waals surface area (Å²) >= 11 is 7.16. The Labute approximate surface area is 155 Å². The number of carbonyl (C=O) groups is 1. The Hall–Kier alpha value is -1.84. The number of hydrogen-bond donors (Lipinski definition) is 2. The molecule has 0 radical (unpaired) electrons. The van der Waals surface area contributed by atoms with E-state index in [0.29, 0.717) is 23.6 Å². The third-order valence-electron chi connectivity index (χ3n) is 3.19. The lowest BCUT2D eigenvalue weighted by atomic mass is 10.2. The van der Waals surface area contributed by atoms with Crippen LogP contribution in [0.25, 0.3) is 0 Å². The maximum atomic E-state index is 12.5. The van der Waals surface area contributed by atoms with Crippen molar-refractivity contribution in [2.45, 2.75) is 25.2 Å². The molecule has 0 saturated heterocycles. The van der Waals surface area contributed by atoms with Gasteiger partial charge in [-0.3, -0.25) is 4.72 Å². The van der Waals surface area contributed by atoms with E-state index in [9.17, 15) is 13.2 Å². The second-order valence-electron chi connectivity index (χ2n) is 5.02. The van der Waals surface area contributed by atoms with Gasteiger partial charge in [0, 0.05) is 29.1 Å². The number of nitrogens with zero attached hydrogens (tertiary/aromatic N) is 1. The standard InChI is InChI=1S/C15H18ClN3O4S2/c1-3-17-15(20)23-8-7-11-9-18-14(24-11)19-25(21,22)13-6-4-5-12(16)10(13)2/h4-6,9H,3,7-8H2,1-2H3,(H,17,20)(H,18,19). The molecule has 0 bridgehead atoms. The highest BCUT2D eigenvalue weighted by atomic mass is 35.5. The van der Waals surface area contributed by atoms with Crippen LogP contribution in [0.1, 0.15) is 17.4 Å². The van der Waals surface area contributed by atoms with Crippen molar-refractivity contribution in [3.8, 4) is 0 Å². The zero-order valence-corrected chi connectivity index (χ0v) is 16.1. The van der Waals surface area contributed by atoms with Gasteiger partial charge in [-0.05, 0) is 31.5 Å². The van der Waals surface area contributed by atoms with Gasteiger partial charge in [-0.1, -0.05) is 17.7 Å². The Morgan fingerprint density at radius 3 is 2.88 bits per heavy atom. The van der Waals surface area contributed by atoms with Crippen LogP contribution in [0.3, 0.4) is 0 Å². The first-order valence-corrected chi connectivity index (χ1v) is 10.1. The van der Waals surface area contributed by atoms with E-state index < -0.39 is 16.1 Å². The molecule has 0 spiro atoms. The van der Waals surface area contributed by atoms with Crippen molar-refractivity contribution in [2.24, 2.45) is 0 Å². The average Bonchev–Trinajstić information content (AvgIpc) is 2.96. The lowest BCUT2D eigenvalue weighted by Crippen LogP contribution is -2.24. The van der Waals surface area contributed by atoms with Gasteiger partial charge in [0.2, 0.25) is 0 Å². The van der Waals surface area contributed by atoms with Crippen molar-refractivity contribution >= 4 is 44.2 Å². The van der Waals surface area contributed by atoms with Gasteiger partial charge in [0.05, 0.1) is 11.5 Å². The van der Waals surface area contributed by atoms with E-state index in [4.69, 9.17) is 16.3 Å². The van der Waals surface area contributed by atoms with E-state index in [2.05, 4.69) is 15.0 Å². The van der Waals surface area contributed by atoms with E-state index >= 15 is 0 Å². The maximum absolute atomic E-state index is 12.5. The van der Waals surface area contributed by atoms with E-state index in [-0.39, 0.29) is 16.6 Å². The topological polar surface area (TPSA) is 97.4 Å². The van der Waals surface area contributed by atoms with Crippen LogP contribution in [0, 0.1) is 6.92 Å². The van der Waals surface area contributed by atoms with Crippen molar-refractivity contribution < 1.29 is 17.9 Å². The second-order valence-corrected chi connectivity index (χ2v) is 8.19. The number of hydrogen-bond acceptors (Lipinski definition) is 6. The summed E-state index contributed by atoms with van der Waals surface area (Å²) in [6, 6.07) is 4.69. The molecule has 1 aromatic heterocycles. The number of alkyl carbamates (subject to hydrolysis) is 1. The number of aromatic nitrogens is 1. The zero-order chi connectivity index (χ0) is 18.4. The average molecular weight is 404 g/mol. The number of carbonyl (C=O) groups excluding carboxylic acids is 1. The minimum atomic E-state index is -3.78. The predicted octanol–water partition coefficient (Wildman–Crippen LogP) is 3.19. The minimum absolute atomic E-state index is 0.108. The minimum Gasteiger partial charge on any atom is -0.449 e. The number of sulfonamides is 1. The fraction of sp³-hybridized carbons (Fsp3) is 0.333. The van der Waals surface area contributed by atoms with Gasteiger partial charge in [-0.2, -0.15) is 0 Å². The van der Waals surface area contributed by atoms with E-state index in [0.717, 1.165) is 4.88 Å². The highest BCUT2D eigenvalue weighted by Crippen LogP contribution is 2.26. The number of thiazole rings is 1. The van der Waals surface area contributed by atoms with Crippen LogP contribution in [-0.4, -0.2) is 32.6 Å². The molecule has 2 aromatic rings. The number of rotatable bonds is 7. The van der Waals surface area contributed by atoms with Gasteiger partial charge in [0.15, 0.2) is 5.13 Å². The van der Waals surface area contributed by atoms with Crippen LogP contribution in [0.15, 0.2) is 29.3 Å². The molecule has 2 rings (SSSR count). The van der Waals surface area contributed by atoms with Gasteiger partial charge in [-0.15, -0.1) is 11.3 Å². The quantitative estimate of drug-likeness (QED) is 0.739. The third kappa shape index (κ3) is 5.32. The number of anilines is 1. The first-order chi connectivity index (χ1) is 11.8. The number of ether oxygens (including phenoxy) is 1. The summed E-state index contributed by atoms with van der Waals surface area (Å²) in [5, 5.41) is 3.14. The molecular weight excluding hydrogens is 386 g/mol. The Balaban J connectivity index is 2.00. The van der Waals surface area contributed by atoms with Gasteiger partial charge >= 0.3 is 6.09 Å². The molecule has 25 heavy (non-hydrogen) atoms. The number of halogens is 1. The molecule has 10 heteroatoms. The van der Waals surface area contributed by atoms with Crippen LogP contribution in [0.2, 0.25) is 5.02 Å². The largest absolute Gasteiger partial charge is 0.449 e. The lowest BCUT2D eigenvalue weighted by Gasteiger charge is -2.09. The molecule has 0 aliphatic rings. The van der Waals surface area contributed by atoms with Crippen molar-refractivity contribution in [3.05, 3.63) is 39.9 Å². The molecule has 0 aliphatic carbocycles. The summed E-state index contributed by atoms with van der Waals surface area (Å²) in [7, 11) is -3.78. The van der Waals surface area contributed by atoms with Crippen LogP contribution < -0.4 is 10.0 Å². The second kappa shape index (κ2) is 8.50. The maximum Gasteiger partial charge on any atom is 0.407 e. The first-order valence-electron chi connectivity index (χ1n) is 7.46. The molecule has 0 atom stereocenters. The molecule has 2 N–H and O–H groups in total. The smallest absolute Gasteiger partial charge is 0.407 e. The molecule has 1 aromatic carbocycles. The van der Waals surface area contributed by atoms with Crippen molar-refractivity contribution in [1.82, 2.24) is 10.3 Å². The lowest BCUT2D eigenvalue weighted by molar-refractivity contribution is 0.148. The molecule has 0 unspecified atom stereocenters. The Kier molecular flexibility index (Phi) is 6.63. The molecule has 0 saturated carbocycles. The van der Waals surface area contributed by atoms with E-state index in [1.165, 1.54) is 17.4 Å². The molecule has 136 valence electrons. The zero-order valence-electron chi connectivity index (χ0n) is 13.7. The summed E-state index contributed by atoms with van der Waals surface area (Å²) in [6.07, 6.45) is 1.52. The van der Waals surface area contributed by atoms with Gasteiger partial charge in [0.25, 0.3) is 10.0 Å². The summed E-state index contributed by atoms with van der Waals surface area (Å²) in [6.45, 7) is 4.12. The summed E-state index contributed by atoms with van der Waals surface area (Å²) in [4.78, 5) is 16.2. The van der Waals surface area contributed by atoms with E-state index in [1.807, 2.05) is 0 Å². The monoisotopic (exact) mass is 403 g/mol. The van der Waals surface area contributed by atoms with Gasteiger partial charge in [0.1, 0.15) is 0 Å². The van der Waals surface area contributed by atoms with E-state index in [1.54, 1.807) is 32.2 Å². The fourth-order valence-corrected chi connectivity index (χ4v) is 4.49. The van der Waals surface area contributed by atoms with Crippen LogP contribution in [0.5, 0.6) is 0 Å². The molecule has 1 heterocycles. The summed E-state index contributed by atoms with van der Waals surface area (Å²) < 4.78 is 32.4. The predicted molar refractivity (Wildman–Crippen MR) is 97.8 cm³/mol. The molecule has 0 fully saturated rings. The normalized spacial score (nSPS) is 11.2. The highest BCUT2D eigenvalue weighted by molar-refractivity contribution is 7.93. The fourth-order valence-electron chi connectivity index (χ4n) is 1.96. The first kappa shape index (κ1) is 19.5. The van der Waals surface area contributed by atoms with Crippen LogP contribution >= 0.6 is 22.9 Å². The van der Waals surface area contributed by atoms with Crippen LogP contribution in [-0.2, 0) is 21.2 Å². The summed E-state index contributed by atoms with van der Waals surface area (Å²) in [5.74, 6) is 0. The Morgan fingerprint density at radius 2 is 2.16 bits per heavy atom. The molecule has 7 nitrogen and oxygen atoms in total. The molecular formula is C15H18ClN3O4S2. The Bertz CT molecular complexity index is 852. The third-order valence-corrected chi connectivity index (χ3v) is 6.18. The van der Waals surface area contributed by atoms with Gasteiger partial charge < -0.3 is 10.1 Å². The number of amides is 1. The van der Waals surface area contributed by atoms with Crippen LogP contribution in [0.4, 0.5) is 9.93 Å². The van der Waals surface area contributed by atoms with Gasteiger partial charge in [-0.25, -0.2) is 18.2 Å². The van der Waals surface area contributed by atoms with Crippen molar-refractivity contribution in [3.63, 3.8) is 0 Å². The molecule has 0 aliphatic heterocycles. The number of benzene rings is 1. The Morgan fingerprint density at radius 1 is 1.40 bits per heavy atom.